The van der Waals surface area contributed by atoms with Crippen molar-refractivity contribution in [1.29, 1.82) is 0 Å². The molecule has 0 bridgehead atoms. The van der Waals surface area contributed by atoms with Crippen LogP contribution in [0.2, 0.25) is 5.02 Å². The zero-order valence-electron chi connectivity index (χ0n) is 28.9. The molecule has 0 saturated carbocycles. The van der Waals surface area contributed by atoms with Crippen molar-refractivity contribution in [3.8, 4) is 11.5 Å². The lowest BCUT2D eigenvalue weighted by molar-refractivity contribution is 0.0357. The number of nitrogens with zero attached hydrogens (tertiary/aromatic N) is 3. The van der Waals surface area contributed by atoms with E-state index in [-0.39, 0.29) is 38.2 Å². The molecule has 0 amide bonds. The first-order valence-corrected chi connectivity index (χ1v) is 9.35. The molecule has 164 valence electrons. The van der Waals surface area contributed by atoms with Gasteiger partial charge in [0.1, 0.15) is 19.3 Å². The molecule has 1 aromatic heterocycles. The SMILES string of the molecule is [2H]c1nc(Nc2c([2H])c([2H])c(F)c(Cl)c2[2H])c2c([2H])c(OCCCN3C([2H])([2H])COCC3([2H])[2H])c(OC([2H])([2H])[2H])c([2H])c2n1. The molecule has 1 aliphatic rings. The summed E-state index contributed by atoms with van der Waals surface area (Å²) in [6.45, 7) is -5.54. The first kappa shape index (κ1) is 10.8. The van der Waals surface area contributed by atoms with Crippen LogP contribution in [-0.2, 0) is 4.74 Å². The maximum absolute atomic E-state index is 14.2. The number of rotatable bonds is 8. The molecule has 0 radical (unpaired) electrons. The Hall–Kier alpha value is -2.68. The second-order valence-electron chi connectivity index (χ2n) is 6.07. The van der Waals surface area contributed by atoms with E-state index < -0.39 is 95.9 Å². The van der Waals surface area contributed by atoms with E-state index >= 15 is 0 Å². The molecular weight excluding hydrogens is 423 g/mol. The summed E-state index contributed by atoms with van der Waals surface area (Å²) in [6.07, 6.45) is -0.762. The number of hydrogen-bond acceptors (Lipinski definition) is 7. The van der Waals surface area contributed by atoms with E-state index in [1.165, 1.54) is 0 Å². The van der Waals surface area contributed by atoms with E-state index in [1.54, 1.807) is 0 Å². The molecule has 2 heterocycles. The second kappa shape index (κ2) is 10.1. The van der Waals surface area contributed by atoms with Crippen LogP contribution in [0.1, 0.15) is 24.2 Å². The van der Waals surface area contributed by atoms with Crippen LogP contribution in [0.3, 0.4) is 0 Å². The summed E-state index contributed by atoms with van der Waals surface area (Å²) < 4.78 is 134. The van der Waals surface area contributed by atoms with Gasteiger partial charge in [0.2, 0.25) is 0 Å². The van der Waals surface area contributed by atoms with E-state index in [4.69, 9.17) is 43.6 Å². The van der Waals surface area contributed by atoms with Gasteiger partial charge in [-0.2, -0.15) is 0 Å². The molecule has 1 aliphatic heterocycles. The van der Waals surface area contributed by atoms with Gasteiger partial charge >= 0.3 is 0 Å². The Bertz CT molecular complexity index is 1570. The second-order valence-corrected chi connectivity index (χ2v) is 6.45. The third-order valence-corrected chi connectivity index (χ3v) is 4.29. The molecule has 2 aromatic carbocycles. The van der Waals surface area contributed by atoms with Crippen molar-refractivity contribution in [3.05, 3.63) is 47.4 Å². The molecule has 1 fully saturated rings. The molecule has 9 heteroatoms. The Morgan fingerprint density at radius 3 is 3.00 bits per heavy atom. The van der Waals surface area contributed by atoms with Crippen LogP contribution in [0.5, 0.6) is 11.5 Å². The quantitative estimate of drug-likeness (QED) is 0.504. The van der Waals surface area contributed by atoms with Crippen LogP contribution in [0.25, 0.3) is 10.9 Å². The number of benzene rings is 2. The van der Waals surface area contributed by atoms with Gasteiger partial charge < -0.3 is 19.5 Å². The first-order chi connectivity index (χ1) is 20.3. The number of hydrogen-bond donors (Lipinski definition) is 1. The highest BCUT2D eigenvalue weighted by Gasteiger charge is 2.14. The van der Waals surface area contributed by atoms with E-state index in [0.717, 1.165) is 4.90 Å². The summed E-state index contributed by atoms with van der Waals surface area (Å²) in [6, 6.07) is -3.85. The lowest BCUT2D eigenvalue weighted by atomic mass is 10.2. The topological polar surface area (TPSA) is 68.7 Å². The average molecular weight is 460 g/mol. The van der Waals surface area contributed by atoms with Gasteiger partial charge in [-0.05, 0) is 30.6 Å². The predicted molar refractivity (Wildman–Crippen MR) is 118 cm³/mol. The Morgan fingerprint density at radius 2 is 2.16 bits per heavy atom. The van der Waals surface area contributed by atoms with E-state index in [1.807, 2.05) is 0 Å². The minimum absolute atomic E-state index is 0.0327. The van der Waals surface area contributed by atoms with Crippen molar-refractivity contribution >= 4 is 34.0 Å². The van der Waals surface area contributed by atoms with Gasteiger partial charge in [-0.3, -0.25) is 4.90 Å². The molecular formula is C22H24ClFN4O3. The molecule has 1 saturated heterocycles. The van der Waals surface area contributed by atoms with Crippen LogP contribution in [0, 0.1) is 5.82 Å². The van der Waals surface area contributed by atoms with Gasteiger partial charge in [0.25, 0.3) is 0 Å². The summed E-state index contributed by atoms with van der Waals surface area (Å²) in [7, 11) is -3.12. The zero-order valence-corrected chi connectivity index (χ0v) is 16.6. The van der Waals surface area contributed by atoms with Gasteiger partial charge in [-0.1, -0.05) is 11.6 Å². The fourth-order valence-corrected chi connectivity index (χ4v) is 2.76. The summed E-state index contributed by atoms with van der Waals surface area (Å²) in [5.74, 6) is -3.06. The lowest BCUT2D eigenvalue weighted by Crippen LogP contribution is -2.37. The smallest absolute Gasteiger partial charge is 0.162 e. The number of halogens is 2. The Kier molecular flexibility index (Phi) is 3.50. The van der Waals surface area contributed by atoms with E-state index in [2.05, 4.69) is 15.3 Å². The molecule has 1 N–H and O–H groups in total. The van der Waals surface area contributed by atoms with Crippen molar-refractivity contribution in [3.63, 3.8) is 0 Å². The van der Waals surface area contributed by atoms with Gasteiger partial charge in [0.15, 0.2) is 11.5 Å². The van der Waals surface area contributed by atoms with Crippen LogP contribution in [-0.4, -0.2) is 61.3 Å². The Morgan fingerprint density at radius 1 is 1.29 bits per heavy atom. The molecule has 0 atom stereocenters. The predicted octanol–water partition coefficient (Wildman–Crippen LogP) is 4.28. The number of methoxy groups -OCH3 is 1. The van der Waals surface area contributed by atoms with Gasteiger partial charge in [0.05, 0.1) is 48.4 Å². The summed E-state index contributed by atoms with van der Waals surface area (Å²) >= 11 is 5.81. The van der Waals surface area contributed by atoms with E-state index in [9.17, 15) is 4.39 Å². The molecule has 4 rings (SSSR count). The largest absolute Gasteiger partial charge is 0.493 e. The monoisotopic (exact) mass is 459 g/mol. The number of nitrogens with one attached hydrogen (secondary N) is 1. The molecule has 3 aromatic rings. The van der Waals surface area contributed by atoms with Crippen molar-refractivity contribution in [2.45, 2.75) is 6.42 Å². The highest BCUT2D eigenvalue weighted by atomic mass is 35.5. The highest BCUT2D eigenvalue weighted by Crippen LogP contribution is 2.35. The highest BCUT2D eigenvalue weighted by molar-refractivity contribution is 6.31. The fourth-order valence-electron chi connectivity index (χ4n) is 2.61. The lowest BCUT2D eigenvalue weighted by Gasteiger charge is -2.26. The molecule has 0 aliphatic carbocycles. The van der Waals surface area contributed by atoms with E-state index in [0.29, 0.717) is 0 Å². The first-order valence-electron chi connectivity index (χ1n) is 15.5. The summed E-state index contributed by atoms with van der Waals surface area (Å²) in [4.78, 5) is 8.63. The summed E-state index contributed by atoms with van der Waals surface area (Å²) in [5.41, 5.74) is -0.956. The van der Waals surface area contributed by atoms with Crippen LogP contribution < -0.4 is 14.8 Å². The third-order valence-electron chi connectivity index (χ3n) is 4.03. The zero-order chi connectivity index (χ0) is 32.9. The number of ether oxygens (including phenoxy) is 3. The Balaban J connectivity index is 1.79. The summed E-state index contributed by atoms with van der Waals surface area (Å²) in [5, 5.41) is 1.37. The third kappa shape index (κ3) is 5.33. The average Bonchev–Trinajstić information content (AvgIpc) is 2.90. The van der Waals surface area contributed by atoms with Crippen LogP contribution in [0.15, 0.2) is 36.5 Å². The fraction of sp³-hybridized carbons (Fsp3) is 0.364. The molecule has 31 heavy (non-hydrogen) atoms. The Labute approximate surface area is 203 Å². The standard InChI is InChI=1S/C22H24ClFN4O3/c1-29-20-13-19-16(12-21(20)31-8-2-5-28-6-9-30-10-7-28)22(26-14-25-19)27-15-3-4-18(24)17(23)11-15/h3-4,11-14H,2,5-10H2,1H3,(H,25,26,27)/i1D3,3D,4D,6D2,7D2,11D,12D,13D,14D. The van der Waals surface area contributed by atoms with Gasteiger partial charge in [-0.25, -0.2) is 14.4 Å². The molecule has 0 unspecified atom stereocenters. The molecule has 7 nitrogen and oxygen atoms in total. The minimum atomic E-state index is -3.12. The van der Waals surface area contributed by atoms with Crippen LogP contribution >= 0.6 is 11.6 Å². The molecule has 0 spiro atoms. The normalized spacial score (nSPS) is 24.3. The van der Waals surface area contributed by atoms with Gasteiger partial charge in [0, 0.05) is 42.1 Å². The number of anilines is 2. The maximum Gasteiger partial charge on any atom is 0.162 e. The van der Waals surface area contributed by atoms with Crippen LogP contribution in [0.4, 0.5) is 15.9 Å². The minimum Gasteiger partial charge on any atom is -0.493 e. The van der Waals surface area contributed by atoms with Crippen molar-refractivity contribution in [2.24, 2.45) is 0 Å². The maximum atomic E-state index is 14.2. The number of aromatic nitrogens is 2. The van der Waals surface area contributed by atoms with Crippen molar-refractivity contribution < 1.29 is 36.4 Å². The van der Waals surface area contributed by atoms with Gasteiger partial charge in [-0.15, -0.1) is 0 Å². The number of fused-ring (bicyclic) bond motifs is 1. The number of morpholine rings is 1. The van der Waals surface area contributed by atoms with Crippen molar-refractivity contribution in [2.75, 3.05) is 51.7 Å². The van der Waals surface area contributed by atoms with Crippen molar-refractivity contribution in [1.82, 2.24) is 14.9 Å².